The first-order valence-electron chi connectivity index (χ1n) is 5.95. The fourth-order valence-electron chi connectivity index (χ4n) is 2.12. The van der Waals surface area contributed by atoms with E-state index in [9.17, 15) is 9.90 Å². The normalized spacial score (nSPS) is 16.1. The fraction of sp³-hybridized carbons (Fsp3) is 0.583. The number of carbonyl (C=O) groups is 1. The fourth-order valence-corrected chi connectivity index (χ4v) is 2.12. The molecule has 2 rings (SSSR count). The molecule has 1 aromatic rings. The number of nitrogens with zero attached hydrogens (tertiary/aromatic N) is 2. The first-order chi connectivity index (χ1) is 8.22. The predicted molar refractivity (Wildman–Crippen MR) is 60.9 cm³/mol. The maximum atomic E-state index is 11.4. The van der Waals surface area contributed by atoms with Gasteiger partial charge < -0.3 is 9.84 Å². The summed E-state index contributed by atoms with van der Waals surface area (Å²) in [6, 6.07) is 0. The molecule has 5 nitrogen and oxygen atoms in total. The Morgan fingerprint density at radius 3 is 2.82 bits per heavy atom. The van der Waals surface area contributed by atoms with Crippen molar-refractivity contribution in [2.45, 2.75) is 38.5 Å². The number of ether oxygens (including phenoxy) is 1. The highest BCUT2D eigenvalue weighted by Crippen LogP contribution is 2.32. The summed E-state index contributed by atoms with van der Waals surface area (Å²) in [7, 11) is 0. The predicted octanol–water partition coefficient (Wildman–Crippen LogP) is 2.02. The molecule has 0 aliphatic heterocycles. The summed E-state index contributed by atoms with van der Waals surface area (Å²) in [6.07, 6.45) is 5.81. The second-order valence-corrected chi connectivity index (χ2v) is 4.17. The van der Waals surface area contributed by atoms with Crippen LogP contribution in [0, 0.1) is 0 Å². The van der Waals surface area contributed by atoms with Gasteiger partial charge in [-0.25, -0.2) is 9.78 Å². The molecule has 1 fully saturated rings. The third-order valence-electron chi connectivity index (χ3n) is 3.00. The lowest BCUT2D eigenvalue weighted by molar-refractivity contribution is 0.0521. The Hall–Kier alpha value is -1.65. The summed E-state index contributed by atoms with van der Waals surface area (Å²) in [5.74, 6) is 0.0912. The van der Waals surface area contributed by atoms with Crippen molar-refractivity contribution in [2.75, 3.05) is 6.61 Å². The van der Waals surface area contributed by atoms with Crippen LogP contribution in [0.1, 0.15) is 54.7 Å². The second kappa shape index (κ2) is 5.12. The number of hydrogen-bond acceptors (Lipinski definition) is 5. The highest BCUT2D eigenvalue weighted by atomic mass is 16.5. The van der Waals surface area contributed by atoms with Gasteiger partial charge in [0.25, 0.3) is 0 Å². The zero-order valence-electron chi connectivity index (χ0n) is 9.85. The largest absolute Gasteiger partial charge is 0.493 e. The third kappa shape index (κ3) is 2.54. The molecule has 0 spiro atoms. The van der Waals surface area contributed by atoms with Crippen LogP contribution in [-0.4, -0.2) is 27.7 Å². The molecule has 1 aliphatic carbocycles. The van der Waals surface area contributed by atoms with Crippen LogP contribution < -0.4 is 0 Å². The Balaban J connectivity index is 2.19. The SMILES string of the molecule is CCOC(=O)c1cnc(C2CCCC2)nc1O. The Labute approximate surface area is 99.9 Å². The Kier molecular flexibility index (Phi) is 3.56. The highest BCUT2D eigenvalue weighted by Gasteiger charge is 2.22. The Bertz CT molecular complexity index is 414. The standard InChI is InChI=1S/C12H16N2O3/c1-2-17-12(16)9-7-13-10(14-11(9)15)8-5-3-4-6-8/h7-8H,2-6H2,1H3,(H,13,14,15). The van der Waals surface area contributed by atoms with Crippen molar-refractivity contribution >= 4 is 5.97 Å². The van der Waals surface area contributed by atoms with Gasteiger partial charge in [0.05, 0.1) is 6.61 Å². The summed E-state index contributed by atoms with van der Waals surface area (Å²) >= 11 is 0. The van der Waals surface area contributed by atoms with Gasteiger partial charge in [0.1, 0.15) is 11.4 Å². The van der Waals surface area contributed by atoms with Crippen LogP contribution in [0.15, 0.2) is 6.20 Å². The van der Waals surface area contributed by atoms with Gasteiger partial charge in [-0.05, 0) is 19.8 Å². The molecule has 92 valence electrons. The van der Waals surface area contributed by atoms with Gasteiger partial charge in [-0.1, -0.05) is 12.8 Å². The molecular weight excluding hydrogens is 220 g/mol. The number of aromatic nitrogens is 2. The molecule has 0 unspecified atom stereocenters. The van der Waals surface area contributed by atoms with E-state index in [1.807, 2.05) is 0 Å². The van der Waals surface area contributed by atoms with E-state index in [1.165, 1.54) is 19.0 Å². The molecule has 0 radical (unpaired) electrons. The van der Waals surface area contributed by atoms with Gasteiger partial charge in [-0.2, -0.15) is 4.98 Å². The van der Waals surface area contributed by atoms with Crippen LogP contribution in [0.2, 0.25) is 0 Å². The van der Waals surface area contributed by atoms with Crippen molar-refractivity contribution in [2.24, 2.45) is 0 Å². The van der Waals surface area contributed by atoms with Crippen molar-refractivity contribution in [3.8, 4) is 5.88 Å². The summed E-state index contributed by atoms with van der Waals surface area (Å²) in [5.41, 5.74) is 0.0357. The smallest absolute Gasteiger partial charge is 0.345 e. The number of hydrogen-bond donors (Lipinski definition) is 1. The maximum Gasteiger partial charge on any atom is 0.345 e. The van der Waals surface area contributed by atoms with Crippen LogP contribution in [0.25, 0.3) is 0 Å². The van der Waals surface area contributed by atoms with E-state index >= 15 is 0 Å². The zero-order chi connectivity index (χ0) is 12.3. The number of carbonyl (C=O) groups excluding carboxylic acids is 1. The van der Waals surface area contributed by atoms with E-state index in [4.69, 9.17) is 4.74 Å². The van der Waals surface area contributed by atoms with Gasteiger partial charge in [0.2, 0.25) is 5.88 Å². The molecule has 5 heteroatoms. The van der Waals surface area contributed by atoms with E-state index in [2.05, 4.69) is 9.97 Å². The van der Waals surface area contributed by atoms with Crippen LogP contribution in [0.4, 0.5) is 0 Å². The van der Waals surface area contributed by atoms with Gasteiger partial charge in [-0.3, -0.25) is 0 Å². The van der Waals surface area contributed by atoms with Gasteiger partial charge in [0, 0.05) is 12.1 Å². The molecule has 0 amide bonds. The van der Waals surface area contributed by atoms with E-state index < -0.39 is 5.97 Å². The summed E-state index contributed by atoms with van der Waals surface area (Å²) < 4.78 is 4.80. The number of esters is 1. The first kappa shape index (κ1) is 11.8. The molecule has 1 saturated carbocycles. The molecular formula is C12H16N2O3. The van der Waals surface area contributed by atoms with Crippen molar-refractivity contribution in [3.63, 3.8) is 0 Å². The minimum atomic E-state index is -0.581. The highest BCUT2D eigenvalue weighted by molar-refractivity contribution is 5.91. The number of rotatable bonds is 3. The zero-order valence-corrected chi connectivity index (χ0v) is 9.85. The first-order valence-corrected chi connectivity index (χ1v) is 5.95. The average Bonchev–Trinajstić information content (AvgIpc) is 2.82. The van der Waals surface area contributed by atoms with Crippen LogP contribution in [0.5, 0.6) is 5.88 Å². The molecule has 0 bridgehead atoms. The van der Waals surface area contributed by atoms with Gasteiger partial charge >= 0.3 is 5.97 Å². The van der Waals surface area contributed by atoms with Crippen molar-refractivity contribution in [3.05, 3.63) is 17.6 Å². The van der Waals surface area contributed by atoms with Gasteiger partial charge in [-0.15, -0.1) is 0 Å². The molecule has 1 N–H and O–H groups in total. The average molecular weight is 236 g/mol. The van der Waals surface area contributed by atoms with Crippen molar-refractivity contribution < 1.29 is 14.6 Å². The summed E-state index contributed by atoms with van der Waals surface area (Å²) in [5, 5.41) is 9.70. The topological polar surface area (TPSA) is 72.3 Å². The van der Waals surface area contributed by atoms with E-state index in [1.54, 1.807) is 6.92 Å². The van der Waals surface area contributed by atoms with Crippen molar-refractivity contribution in [1.29, 1.82) is 0 Å². The van der Waals surface area contributed by atoms with E-state index in [0.29, 0.717) is 11.7 Å². The lowest BCUT2D eigenvalue weighted by Crippen LogP contribution is -2.09. The molecule has 0 atom stereocenters. The van der Waals surface area contributed by atoms with Crippen LogP contribution in [-0.2, 0) is 4.74 Å². The molecule has 17 heavy (non-hydrogen) atoms. The monoisotopic (exact) mass is 236 g/mol. The maximum absolute atomic E-state index is 11.4. The van der Waals surface area contributed by atoms with Crippen molar-refractivity contribution in [1.82, 2.24) is 9.97 Å². The third-order valence-corrected chi connectivity index (χ3v) is 3.00. The Morgan fingerprint density at radius 2 is 2.24 bits per heavy atom. The van der Waals surface area contributed by atoms with E-state index in [0.717, 1.165) is 12.8 Å². The second-order valence-electron chi connectivity index (χ2n) is 4.17. The lowest BCUT2D eigenvalue weighted by atomic mass is 10.1. The molecule has 1 heterocycles. The minimum Gasteiger partial charge on any atom is -0.493 e. The number of aromatic hydroxyl groups is 1. The van der Waals surface area contributed by atoms with E-state index in [-0.39, 0.29) is 18.1 Å². The van der Waals surface area contributed by atoms with Crippen LogP contribution in [0.3, 0.4) is 0 Å². The summed E-state index contributed by atoms with van der Waals surface area (Å²) in [6.45, 7) is 1.98. The summed E-state index contributed by atoms with van der Waals surface area (Å²) in [4.78, 5) is 19.6. The lowest BCUT2D eigenvalue weighted by Gasteiger charge is -2.09. The molecule has 0 saturated heterocycles. The Morgan fingerprint density at radius 1 is 1.53 bits per heavy atom. The molecule has 1 aliphatic rings. The van der Waals surface area contributed by atoms with Crippen LogP contribution >= 0.6 is 0 Å². The minimum absolute atomic E-state index is 0.0357. The van der Waals surface area contributed by atoms with Gasteiger partial charge in [0.15, 0.2) is 0 Å². The molecule has 1 aromatic heterocycles. The quantitative estimate of drug-likeness (QED) is 0.813. The molecule has 0 aromatic carbocycles.